The van der Waals surface area contributed by atoms with Gasteiger partial charge in [0.25, 0.3) is 0 Å². The summed E-state index contributed by atoms with van der Waals surface area (Å²) in [4.78, 5) is 2.39. The predicted octanol–water partition coefficient (Wildman–Crippen LogP) is 3.60. The first-order chi connectivity index (χ1) is 12.7. The Labute approximate surface area is 159 Å². The molecule has 2 aromatic rings. The van der Waals surface area contributed by atoms with Crippen LogP contribution in [0.3, 0.4) is 0 Å². The number of phenols is 1. The van der Waals surface area contributed by atoms with Crippen LogP contribution < -0.4 is 4.74 Å². The topological polar surface area (TPSA) is 48.3 Å². The fraction of sp³-hybridized carbons (Fsp3) is 0.350. The highest BCUT2D eigenvalue weighted by Crippen LogP contribution is 2.26. The van der Waals surface area contributed by atoms with Gasteiger partial charge in [-0.15, -0.1) is 0 Å². The average Bonchev–Trinajstić information content (AvgIpc) is 2.65. The van der Waals surface area contributed by atoms with Gasteiger partial charge < -0.3 is 9.84 Å². The van der Waals surface area contributed by atoms with Crippen LogP contribution in [0, 0.1) is 0 Å². The summed E-state index contributed by atoms with van der Waals surface area (Å²) < 4.78 is 5.41. The van der Waals surface area contributed by atoms with Gasteiger partial charge in [0, 0.05) is 37.7 Å². The maximum absolute atomic E-state index is 9.76. The van der Waals surface area contributed by atoms with Crippen LogP contribution in [-0.4, -0.2) is 54.0 Å². The van der Waals surface area contributed by atoms with E-state index in [2.05, 4.69) is 21.1 Å². The molecule has 1 aliphatic rings. The van der Waals surface area contributed by atoms with Crippen molar-refractivity contribution in [3.8, 4) is 11.5 Å². The maximum atomic E-state index is 9.76. The minimum absolute atomic E-state index is 0.150. The lowest BCUT2D eigenvalue weighted by molar-refractivity contribution is 0.131. The van der Waals surface area contributed by atoms with Gasteiger partial charge in [0.2, 0.25) is 0 Å². The fourth-order valence-corrected chi connectivity index (χ4v) is 3.10. The van der Waals surface area contributed by atoms with Crippen molar-refractivity contribution in [1.29, 1.82) is 0 Å². The zero-order chi connectivity index (χ0) is 18.4. The lowest BCUT2D eigenvalue weighted by atomic mass is 10.2. The third-order valence-electron chi connectivity index (χ3n) is 4.35. The van der Waals surface area contributed by atoms with Crippen molar-refractivity contribution >= 4 is 17.8 Å². The molecule has 0 spiro atoms. The summed E-state index contributed by atoms with van der Waals surface area (Å²) >= 11 is 6.25. The molecule has 0 saturated carbocycles. The van der Waals surface area contributed by atoms with E-state index < -0.39 is 0 Å². The number of hydrogen-bond acceptors (Lipinski definition) is 5. The molecule has 0 amide bonds. The largest absolute Gasteiger partial charge is 0.504 e. The molecule has 5 nitrogen and oxygen atoms in total. The first kappa shape index (κ1) is 18.5. The second-order valence-electron chi connectivity index (χ2n) is 6.23. The summed E-state index contributed by atoms with van der Waals surface area (Å²) in [6.45, 7) is 6.91. The number of aromatic hydroxyl groups is 1. The predicted molar refractivity (Wildman–Crippen MR) is 105 cm³/mol. The second kappa shape index (κ2) is 8.92. The molecule has 138 valence electrons. The number of rotatable bonds is 6. The van der Waals surface area contributed by atoms with Crippen LogP contribution in [0.5, 0.6) is 11.5 Å². The van der Waals surface area contributed by atoms with Crippen LogP contribution in [0.25, 0.3) is 0 Å². The van der Waals surface area contributed by atoms with Gasteiger partial charge in [-0.1, -0.05) is 29.8 Å². The van der Waals surface area contributed by atoms with Crippen molar-refractivity contribution in [2.24, 2.45) is 5.10 Å². The van der Waals surface area contributed by atoms with E-state index in [9.17, 15) is 5.11 Å². The normalized spacial score (nSPS) is 15.5. The number of hydrogen-bond donors (Lipinski definition) is 1. The van der Waals surface area contributed by atoms with Gasteiger partial charge in [-0.05, 0) is 42.3 Å². The van der Waals surface area contributed by atoms with Crippen molar-refractivity contribution in [3.05, 3.63) is 58.6 Å². The van der Waals surface area contributed by atoms with Crippen LogP contribution in [0.1, 0.15) is 18.1 Å². The third-order valence-corrected chi connectivity index (χ3v) is 4.72. The number of piperazine rings is 1. The Kier molecular flexibility index (Phi) is 6.36. The first-order valence-corrected chi connectivity index (χ1v) is 9.24. The molecule has 0 bridgehead atoms. The molecular formula is C20H24ClN3O2. The Bertz CT molecular complexity index is 758. The van der Waals surface area contributed by atoms with E-state index in [0.717, 1.165) is 43.3 Å². The van der Waals surface area contributed by atoms with Crippen molar-refractivity contribution in [3.63, 3.8) is 0 Å². The Hall–Kier alpha value is -2.24. The molecule has 1 aliphatic heterocycles. The highest BCUT2D eigenvalue weighted by atomic mass is 35.5. The number of nitrogens with zero attached hydrogens (tertiary/aromatic N) is 3. The van der Waals surface area contributed by atoms with Crippen LogP contribution >= 0.6 is 11.6 Å². The summed E-state index contributed by atoms with van der Waals surface area (Å²) in [5, 5.41) is 17.2. The average molecular weight is 374 g/mol. The lowest BCUT2D eigenvalue weighted by Crippen LogP contribution is -2.43. The van der Waals surface area contributed by atoms with E-state index in [-0.39, 0.29) is 5.75 Å². The zero-order valence-electron chi connectivity index (χ0n) is 14.9. The van der Waals surface area contributed by atoms with Gasteiger partial charge in [0.1, 0.15) is 0 Å². The minimum Gasteiger partial charge on any atom is -0.504 e. The smallest absolute Gasteiger partial charge is 0.161 e. The van der Waals surface area contributed by atoms with Crippen LogP contribution in [-0.2, 0) is 6.54 Å². The van der Waals surface area contributed by atoms with Crippen molar-refractivity contribution in [2.45, 2.75) is 13.5 Å². The molecule has 0 aliphatic carbocycles. The fourth-order valence-electron chi connectivity index (χ4n) is 2.91. The SMILES string of the molecule is CCOc1cc(/C=N\N2CCN(Cc3ccccc3Cl)CC2)ccc1O. The standard InChI is InChI=1S/C20H24ClN3O2/c1-2-26-20-13-16(7-8-19(20)25)14-22-24-11-9-23(10-12-24)15-17-5-3-4-6-18(17)21/h3-8,13-14,25H,2,9-12,15H2,1H3/b22-14-. The van der Waals surface area contributed by atoms with Crippen LogP contribution in [0.2, 0.25) is 5.02 Å². The van der Waals surface area contributed by atoms with E-state index in [1.807, 2.05) is 37.4 Å². The zero-order valence-corrected chi connectivity index (χ0v) is 15.7. The molecule has 0 radical (unpaired) electrons. The Morgan fingerprint density at radius 2 is 1.92 bits per heavy atom. The molecule has 0 aromatic heterocycles. The van der Waals surface area contributed by atoms with E-state index in [1.54, 1.807) is 12.1 Å². The molecule has 1 heterocycles. The Morgan fingerprint density at radius 1 is 1.15 bits per heavy atom. The molecule has 0 unspecified atom stereocenters. The number of ether oxygens (including phenoxy) is 1. The minimum atomic E-state index is 0.150. The molecule has 2 aromatic carbocycles. The van der Waals surface area contributed by atoms with Crippen LogP contribution in [0.4, 0.5) is 0 Å². The van der Waals surface area contributed by atoms with Crippen molar-refractivity contribution < 1.29 is 9.84 Å². The highest BCUT2D eigenvalue weighted by Gasteiger charge is 2.16. The van der Waals surface area contributed by atoms with E-state index in [4.69, 9.17) is 16.3 Å². The van der Waals surface area contributed by atoms with E-state index in [0.29, 0.717) is 12.4 Å². The monoisotopic (exact) mass is 373 g/mol. The van der Waals surface area contributed by atoms with Gasteiger partial charge in [0.05, 0.1) is 12.8 Å². The van der Waals surface area contributed by atoms with Gasteiger partial charge in [-0.2, -0.15) is 5.10 Å². The Morgan fingerprint density at radius 3 is 2.65 bits per heavy atom. The molecular weight excluding hydrogens is 350 g/mol. The molecule has 6 heteroatoms. The van der Waals surface area contributed by atoms with Gasteiger partial charge >= 0.3 is 0 Å². The maximum Gasteiger partial charge on any atom is 0.161 e. The van der Waals surface area contributed by atoms with E-state index >= 15 is 0 Å². The van der Waals surface area contributed by atoms with Crippen LogP contribution in [0.15, 0.2) is 47.6 Å². The molecule has 1 fully saturated rings. The number of hydrazone groups is 1. The molecule has 1 N–H and O–H groups in total. The summed E-state index contributed by atoms with van der Waals surface area (Å²) in [5.41, 5.74) is 2.07. The first-order valence-electron chi connectivity index (χ1n) is 8.86. The number of phenolic OH excluding ortho intramolecular Hbond substituents is 1. The summed E-state index contributed by atoms with van der Waals surface area (Å²) in [6, 6.07) is 13.3. The van der Waals surface area contributed by atoms with Crippen molar-refractivity contribution in [2.75, 3.05) is 32.8 Å². The lowest BCUT2D eigenvalue weighted by Gasteiger charge is -2.33. The van der Waals surface area contributed by atoms with E-state index in [1.165, 1.54) is 5.56 Å². The van der Waals surface area contributed by atoms with Gasteiger partial charge in [-0.25, -0.2) is 0 Å². The third kappa shape index (κ3) is 4.90. The number of halogens is 1. The molecule has 1 saturated heterocycles. The van der Waals surface area contributed by atoms with Gasteiger partial charge in [0.15, 0.2) is 11.5 Å². The molecule has 0 atom stereocenters. The summed E-state index contributed by atoms with van der Waals surface area (Å²) in [5.74, 6) is 0.637. The number of benzene rings is 2. The van der Waals surface area contributed by atoms with Crippen molar-refractivity contribution in [1.82, 2.24) is 9.91 Å². The Balaban J connectivity index is 1.53. The molecule has 26 heavy (non-hydrogen) atoms. The molecule has 3 rings (SSSR count). The summed E-state index contributed by atoms with van der Waals surface area (Å²) in [7, 11) is 0. The summed E-state index contributed by atoms with van der Waals surface area (Å²) in [6.07, 6.45) is 1.81. The highest BCUT2D eigenvalue weighted by molar-refractivity contribution is 6.31. The second-order valence-corrected chi connectivity index (χ2v) is 6.63. The van der Waals surface area contributed by atoms with Gasteiger partial charge in [-0.3, -0.25) is 9.91 Å². The quantitative estimate of drug-likeness (QED) is 0.786.